The summed E-state index contributed by atoms with van der Waals surface area (Å²) in [7, 11) is 0. The van der Waals surface area contributed by atoms with Crippen LogP contribution in [0.5, 0.6) is 11.5 Å². The Bertz CT molecular complexity index is 803. The van der Waals surface area contributed by atoms with Gasteiger partial charge in [0.2, 0.25) is 0 Å². The predicted molar refractivity (Wildman–Crippen MR) is 118 cm³/mol. The lowest BCUT2D eigenvalue weighted by molar-refractivity contribution is 0.0844. The zero-order valence-corrected chi connectivity index (χ0v) is 18.1. The fraction of sp³-hybridized carbons (Fsp3) is 0.417. The van der Waals surface area contributed by atoms with Crippen molar-refractivity contribution in [1.29, 1.82) is 0 Å². The largest absolute Gasteiger partial charge is 0.494 e. The second-order valence-electron chi connectivity index (χ2n) is 7.54. The van der Waals surface area contributed by atoms with Crippen LogP contribution in [0.2, 0.25) is 0 Å². The number of rotatable bonds is 11. The fourth-order valence-corrected chi connectivity index (χ4v) is 2.71. The van der Waals surface area contributed by atoms with Gasteiger partial charge in [-0.1, -0.05) is 52.2 Å². The number of hydrogen-bond donors (Lipinski definition) is 2. The van der Waals surface area contributed by atoms with Crippen LogP contribution in [0.4, 0.5) is 0 Å². The molecule has 2 aromatic rings. The van der Waals surface area contributed by atoms with Crippen LogP contribution in [0.1, 0.15) is 67.2 Å². The van der Waals surface area contributed by atoms with Gasteiger partial charge in [-0.15, -0.1) is 0 Å². The zero-order chi connectivity index (χ0) is 21.8. The van der Waals surface area contributed by atoms with Gasteiger partial charge in [0.1, 0.15) is 11.5 Å². The lowest BCUT2D eigenvalue weighted by atomic mass is 10.2. The first-order valence-corrected chi connectivity index (χ1v) is 10.6. The quantitative estimate of drug-likeness (QED) is 0.412. The summed E-state index contributed by atoms with van der Waals surface area (Å²) in [4.78, 5) is 24.8. The molecular formula is C24H32N2O4. The maximum Gasteiger partial charge on any atom is 0.273 e. The molecule has 2 rings (SSSR count). The molecule has 2 N–H and O–H groups in total. The van der Waals surface area contributed by atoms with Crippen molar-refractivity contribution in [3.8, 4) is 11.5 Å². The molecular weight excluding hydrogens is 380 g/mol. The van der Waals surface area contributed by atoms with E-state index in [9.17, 15) is 9.59 Å². The number of hydrogen-bond acceptors (Lipinski definition) is 4. The van der Waals surface area contributed by atoms with Crippen LogP contribution in [0.3, 0.4) is 0 Å². The number of carbonyl (C=O) groups excluding carboxylic acids is 2. The summed E-state index contributed by atoms with van der Waals surface area (Å²) in [5.74, 6) is 0.707. The Morgan fingerprint density at radius 2 is 1.57 bits per heavy atom. The highest BCUT2D eigenvalue weighted by atomic mass is 16.5. The van der Waals surface area contributed by atoms with Crippen molar-refractivity contribution >= 4 is 11.8 Å². The molecule has 0 aliphatic heterocycles. The van der Waals surface area contributed by atoms with E-state index < -0.39 is 11.8 Å². The standard InChI is InChI=1S/C24H32N2O4/c1-4-5-6-9-16-29-20-14-12-19(13-15-20)23(27)25-26-24(28)21-10-7-8-11-22(21)30-17-18(2)3/h7-8,10-15,18H,4-6,9,16-17H2,1-3H3,(H,25,27)(H,26,28). The van der Waals surface area contributed by atoms with Crippen molar-refractivity contribution in [2.24, 2.45) is 5.92 Å². The maximum absolute atomic E-state index is 12.5. The third-order valence-corrected chi connectivity index (χ3v) is 4.38. The summed E-state index contributed by atoms with van der Waals surface area (Å²) in [6.45, 7) is 7.41. The second-order valence-corrected chi connectivity index (χ2v) is 7.54. The molecule has 30 heavy (non-hydrogen) atoms. The van der Waals surface area contributed by atoms with Crippen molar-refractivity contribution in [3.63, 3.8) is 0 Å². The first kappa shape index (κ1) is 23.3. The Morgan fingerprint density at radius 3 is 2.27 bits per heavy atom. The van der Waals surface area contributed by atoms with E-state index in [2.05, 4.69) is 17.8 Å². The molecule has 0 heterocycles. The van der Waals surface area contributed by atoms with Crippen LogP contribution in [-0.4, -0.2) is 25.0 Å². The van der Waals surface area contributed by atoms with E-state index in [1.807, 2.05) is 13.8 Å². The topological polar surface area (TPSA) is 76.7 Å². The average Bonchev–Trinajstić information content (AvgIpc) is 2.76. The number of amides is 2. The van der Waals surface area contributed by atoms with Gasteiger partial charge in [-0.3, -0.25) is 20.4 Å². The highest BCUT2D eigenvalue weighted by Gasteiger charge is 2.14. The first-order valence-electron chi connectivity index (χ1n) is 10.6. The zero-order valence-electron chi connectivity index (χ0n) is 18.1. The van der Waals surface area contributed by atoms with Gasteiger partial charge in [0, 0.05) is 5.56 Å². The summed E-state index contributed by atoms with van der Waals surface area (Å²) in [5.41, 5.74) is 5.68. The van der Waals surface area contributed by atoms with Gasteiger partial charge in [0.05, 0.1) is 18.8 Å². The maximum atomic E-state index is 12.5. The molecule has 162 valence electrons. The van der Waals surface area contributed by atoms with E-state index in [1.165, 1.54) is 12.8 Å². The molecule has 0 atom stereocenters. The minimum Gasteiger partial charge on any atom is -0.494 e. The normalized spacial score (nSPS) is 10.5. The molecule has 2 amide bonds. The summed E-state index contributed by atoms with van der Waals surface area (Å²) < 4.78 is 11.4. The van der Waals surface area contributed by atoms with Crippen molar-refractivity contribution in [3.05, 3.63) is 59.7 Å². The Balaban J connectivity index is 1.84. The molecule has 0 bridgehead atoms. The summed E-state index contributed by atoms with van der Waals surface area (Å²) in [5, 5.41) is 0. The average molecular weight is 413 g/mol. The van der Waals surface area contributed by atoms with Crippen molar-refractivity contribution in [2.75, 3.05) is 13.2 Å². The van der Waals surface area contributed by atoms with E-state index in [-0.39, 0.29) is 0 Å². The van der Waals surface area contributed by atoms with Gasteiger partial charge in [-0.25, -0.2) is 0 Å². The monoisotopic (exact) mass is 412 g/mol. The molecule has 0 radical (unpaired) electrons. The number of ether oxygens (including phenoxy) is 2. The molecule has 6 nitrogen and oxygen atoms in total. The number of nitrogens with one attached hydrogen (secondary N) is 2. The third-order valence-electron chi connectivity index (χ3n) is 4.38. The molecule has 0 saturated heterocycles. The van der Waals surface area contributed by atoms with E-state index in [0.717, 1.165) is 18.6 Å². The van der Waals surface area contributed by atoms with Gasteiger partial charge in [0.25, 0.3) is 11.8 Å². The molecule has 0 aliphatic carbocycles. The van der Waals surface area contributed by atoms with Crippen LogP contribution < -0.4 is 20.3 Å². The third kappa shape index (κ3) is 7.78. The Morgan fingerprint density at radius 1 is 0.867 bits per heavy atom. The van der Waals surface area contributed by atoms with Crippen molar-refractivity contribution < 1.29 is 19.1 Å². The minimum absolute atomic E-state index is 0.337. The smallest absolute Gasteiger partial charge is 0.273 e. The lowest BCUT2D eigenvalue weighted by Crippen LogP contribution is -2.41. The lowest BCUT2D eigenvalue weighted by Gasteiger charge is -2.13. The van der Waals surface area contributed by atoms with Crippen LogP contribution >= 0.6 is 0 Å². The summed E-state index contributed by atoms with van der Waals surface area (Å²) in [6.07, 6.45) is 4.58. The van der Waals surface area contributed by atoms with Crippen LogP contribution in [0.25, 0.3) is 0 Å². The summed E-state index contributed by atoms with van der Waals surface area (Å²) in [6, 6.07) is 13.8. The molecule has 0 fully saturated rings. The first-order chi connectivity index (χ1) is 14.5. The molecule has 0 aromatic heterocycles. The molecule has 2 aromatic carbocycles. The van der Waals surface area contributed by atoms with Gasteiger partial charge >= 0.3 is 0 Å². The van der Waals surface area contributed by atoms with Crippen LogP contribution in [0.15, 0.2) is 48.5 Å². The van der Waals surface area contributed by atoms with Gasteiger partial charge in [-0.2, -0.15) is 0 Å². The second kappa shape index (κ2) is 12.5. The Hall–Kier alpha value is -3.02. The van der Waals surface area contributed by atoms with Crippen molar-refractivity contribution in [1.82, 2.24) is 10.9 Å². The van der Waals surface area contributed by atoms with Gasteiger partial charge < -0.3 is 9.47 Å². The number of unbranched alkanes of at least 4 members (excludes halogenated alkanes) is 3. The molecule has 0 saturated carbocycles. The molecule has 0 spiro atoms. The van der Waals surface area contributed by atoms with E-state index in [1.54, 1.807) is 48.5 Å². The number of hydrazine groups is 1. The highest BCUT2D eigenvalue weighted by molar-refractivity contribution is 6.00. The van der Waals surface area contributed by atoms with Crippen LogP contribution in [-0.2, 0) is 0 Å². The van der Waals surface area contributed by atoms with Crippen LogP contribution in [0, 0.1) is 5.92 Å². The molecule has 6 heteroatoms. The number of carbonyl (C=O) groups is 2. The SMILES string of the molecule is CCCCCCOc1ccc(C(=O)NNC(=O)c2ccccc2OCC(C)C)cc1. The minimum atomic E-state index is -0.435. The van der Waals surface area contributed by atoms with E-state index in [4.69, 9.17) is 9.47 Å². The molecule has 0 aliphatic rings. The highest BCUT2D eigenvalue weighted by Crippen LogP contribution is 2.18. The number of para-hydroxylation sites is 1. The molecule has 0 unspecified atom stereocenters. The fourth-order valence-electron chi connectivity index (χ4n) is 2.71. The van der Waals surface area contributed by atoms with E-state index in [0.29, 0.717) is 36.0 Å². The van der Waals surface area contributed by atoms with Gasteiger partial charge in [0.15, 0.2) is 0 Å². The Labute approximate surface area is 178 Å². The Kier molecular flexibility index (Phi) is 9.71. The predicted octanol–water partition coefficient (Wildman–Crippen LogP) is 4.76. The number of benzene rings is 2. The van der Waals surface area contributed by atoms with E-state index >= 15 is 0 Å². The summed E-state index contributed by atoms with van der Waals surface area (Å²) >= 11 is 0. The van der Waals surface area contributed by atoms with Crippen molar-refractivity contribution in [2.45, 2.75) is 46.5 Å². The van der Waals surface area contributed by atoms with Gasteiger partial charge in [-0.05, 0) is 48.7 Å².